The first kappa shape index (κ1) is 12.2. The lowest BCUT2D eigenvalue weighted by molar-refractivity contribution is 0.112. The largest absolute Gasteiger partial charge is 0.347 e. The predicted molar refractivity (Wildman–Crippen MR) is 74.6 cm³/mol. The summed E-state index contributed by atoms with van der Waals surface area (Å²) >= 11 is 1.57. The summed E-state index contributed by atoms with van der Waals surface area (Å²) in [4.78, 5) is 19.0. The van der Waals surface area contributed by atoms with E-state index in [1.807, 2.05) is 0 Å². The van der Waals surface area contributed by atoms with Gasteiger partial charge in [-0.25, -0.2) is 4.98 Å². The lowest BCUT2D eigenvalue weighted by Gasteiger charge is -2.15. The van der Waals surface area contributed by atoms with Gasteiger partial charge in [0, 0.05) is 13.1 Å². The lowest BCUT2D eigenvalue weighted by Crippen LogP contribution is -2.20. The Labute approximate surface area is 112 Å². The zero-order valence-electron chi connectivity index (χ0n) is 11.1. The second-order valence-corrected chi connectivity index (χ2v) is 6.88. The third-order valence-corrected chi connectivity index (χ3v) is 5.38. The van der Waals surface area contributed by atoms with Gasteiger partial charge in [-0.15, -0.1) is 0 Å². The van der Waals surface area contributed by atoms with Crippen LogP contribution in [-0.4, -0.2) is 24.4 Å². The van der Waals surface area contributed by atoms with Crippen molar-refractivity contribution in [3.8, 4) is 0 Å². The van der Waals surface area contributed by atoms with Crippen LogP contribution in [0.3, 0.4) is 0 Å². The number of hydrogen-bond donors (Lipinski definition) is 0. The van der Waals surface area contributed by atoms with Crippen molar-refractivity contribution in [3.63, 3.8) is 0 Å². The molecule has 3 nitrogen and oxygen atoms in total. The van der Waals surface area contributed by atoms with Gasteiger partial charge in [-0.05, 0) is 30.6 Å². The van der Waals surface area contributed by atoms with Gasteiger partial charge in [0.15, 0.2) is 11.4 Å². The molecule has 1 saturated heterocycles. The second-order valence-electron chi connectivity index (χ2n) is 5.87. The summed E-state index contributed by atoms with van der Waals surface area (Å²) in [5.74, 6) is 2.07. The summed E-state index contributed by atoms with van der Waals surface area (Å²) in [7, 11) is 0. The average Bonchev–Trinajstić information content (AvgIpc) is 3.01. The van der Waals surface area contributed by atoms with Crippen LogP contribution in [0.15, 0.2) is 0 Å². The molecule has 1 saturated carbocycles. The molecule has 1 aromatic heterocycles. The molecule has 4 heteroatoms. The van der Waals surface area contributed by atoms with E-state index in [2.05, 4.69) is 18.7 Å². The molecule has 3 rings (SSSR count). The number of nitrogens with zero attached hydrogens (tertiary/aromatic N) is 2. The molecule has 2 fully saturated rings. The first-order chi connectivity index (χ1) is 8.69. The molecule has 0 amide bonds. The van der Waals surface area contributed by atoms with Gasteiger partial charge in [0.25, 0.3) is 0 Å². The molecule has 0 aromatic carbocycles. The molecular formula is C14H20N2OS. The number of carbonyl (C=O) groups excluding carboxylic acids is 1. The van der Waals surface area contributed by atoms with E-state index in [4.69, 9.17) is 4.98 Å². The van der Waals surface area contributed by atoms with Crippen molar-refractivity contribution in [2.75, 3.05) is 18.0 Å². The van der Waals surface area contributed by atoms with Crippen molar-refractivity contribution in [2.45, 2.75) is 39.0 Å². The van der Waals surface area contributed by atoms with Gasteiger partial charge in [-0.2, -0.15) is 0 Å². The fourth-order valence-corrected chi connectivity index (χ4v) is 4.41. The molecule has 2 unspecified atom stereocenters. The van der Waals surface area contributed by atoms with Gasteiger partial charge in [-0.3, -0.25) is 4.79 Å². The zero-order chi connectivity index (χ0) is 12.7. The Bertz CT molecular complexity index is 443. The van der Waals surface area contributed by atoms with Gasteiger partial charge in [0.05, 0.1) is 10.6 Å². The van der Waals surface area contributed by atoms with Crippen LogP contribution < -0.4 is 4.90 Å². The van der Waals surface area contributed by atoms with Crippen molar-refractivity contribution in [2.24, 2.45) is 11.8 Å². The maximum atomic E-state index is 11.1. The van der Waals surface area contributed by atoms with Gasteiger partial charge in [0.2, 0.25) is 0 Å². The Morgan fingerprint density at radius 2 is 2.00 bits per heavy atom. The molecule has 98 valence electrons. The minimum atomic E-state index is 0.331. The van der Waals surface area contributed by atoms with Crippen molar-refractivity contribution in [1.29, 1.82) is 0 Å². The maximum Gasteiger partial charge on any atom is 0.186 e. The molecule has 2 atom stereocenters. The maximum absolute atomic E-state index is 11.1. The van der Waals surface area contributed by atoms with Crippen LogP contribution >= 0.6 is 11.3 Å². The smallest absolute Gasteiger partial charge is 0.186 e. The summed E-state index contributed by atoms with van der Waals surface area (Å²) in [6.45, 7) is 6.50. The Balaban J connectivity index is 1.83. The number of aldehydes is 1. The van der Waals surface area contributed by atoms with Crippen LogP contribution in [0.1, 0.15) is 54.4 Å². The summed E-state index contributed by atoms with van der Waals surface area (Å²) in [6, 6.07) is 0. The first-order valence-electron chi connectivity index (χ1n) is 6.90. The zero-order valence-corrected chi connectivity index (χ0v) is 11.9. The fraction of sp³-hybridized carbons (Fsp3) is 0.714. The molecule has 1 aliphatic carbocycles. The molecule has 0 N–H and O–H groups in total. The molecule has 1 aliphatic heterocycles. The quantitative estimate of drug-likeness (QED) is 0.785. The van der Waals surface area contributed by atoms with Crippen LogP contribution in [0.2, 0.25) is 0 Å². The fourth-order valence-electron chi connectivity index (χ4n) is 3.36. The van der Waals surface area contributed by atoms with Crippen molar-refractivity contribution >= 4 is 22.8 Å². The van der Waals surface area contributed by atoms with Crippen LogP contribution in [0, 0.1) is 11.8 Å². The summed E-state index contributed by atoms with van der Waals surface area (Å²) < 4.78 is 0. The number of rotatable bonds is 3. The summed E-state index contributed by atoms with van der Waals surface area (Å²) in [5.41, 5.74) is 0.974. The molecule has 18 heavy (non-hydrogen) atoms. The van der Waals surface area contributed by atoms with E-state index in [-0.39, 0.29) is 0 Å². The molecule has 2 aliphatic rings. The van der Waals surface area contributed by atoms with Crippen LogP contribution in [0.4, 0.5) is 5.13 Å². The average molecular weight is 264 g/mol. The Morgan fingerprint density at radius 3 is 2.50 bits per heavy atom. The molecule has 2 heterocycles. The van der Waals surface area contributed by atoms with Crippen molar-refractivity contribution in [1.82, 2.24) is 4.98 Å². The highest BCUT2D eigenvalue weighted by Crippen LogP contribution is 2.41. The standard InChI is InChI=1S/C14H20N2OS/c1-9(2)13-12(8-17)18-14(15-13)16-6-10-4-3-5-11(10)7-16/h8-11H,3-7H2,1-2H3. The minimum Gasteiger partial charge on any atom is -0.347 e. The normalized spacial score (nSPS) is 26.9. The highest BCUT2D eigenvalue weighted by molar-refractivity contribution is 7.17. The van der Waals surface area contributed by atoms with Crippen LogP contribution in [0.5, 0.6) is 0 Å². The molecule has 0 spiro atoms. The van der Waals surface area contributed by atoms with Crippen molar-refractivity contribution in [3.05, 3.63) is 10.6 Å². The first-order valence-corrected chi connectivity index (χ1v) is 7.71. The third-order valence-electron chi connectivity index (χ3n) is 4.32. The SMILES string of the molecule is CC(C)c1nc(N2CC3CCCC3C2)sc1C=O. The predicted octanol–water partition coefficient (Wildman–Crippen LogP) is 3.32. The lowest BCUT2D eigenvalue weighted by atomic mass is 10.0. The van der Waals surface area contributed by atoms with Gasteiger partial charge in [0.1, 0.15) is 0 Å². The third kappa shape index (κ3) is 1.96. The van der Waals surface area contributed by atoms with E-state index in [1.54, 1.807) is 11.3 Å². The molecular weight excluding hydrogens is 244 g/mol. The number of thiazole rings is 1. The van der Waals surface area contributed by atoms with Gasteiger partial charge < -0.3 is 4.90 Å². The Kier molecular flexibility index (Phi) is 3.14. The summed E-state index contributed by atoms with van der Waals surface area (Å²) in [6.07, 6.45) is 5.12. The van der Waals surface area contributed by atoms with E-state index in [0.29, 0.717) is 5.92 Å². The van der Waals surface area contributed by atoms with Crippen LogP contribution in [0.25, 0.3) is 0 Å². The molecule has 0 bridgehead atoms. The van der Waals surface area contributed by atoms with E-state index in [0.717, 1.165) is 46.9 Å². The number of anilines is 1. The highest BCUT2D eigenvalue weighted by Gasteiger charge is 2.37. The number of fused-ring (bicyclic) bond motifs is 1. The minimum absolute atomic E-state index is 0.331. The van der Waals surface area contributed by atoms with E-state index < -0.39 is 0 Å². The molecule has 0 radical (unpaired) electrons. The number of hydrogen-bond acceptors (Lipinski definition) is 4. The Hall–Kier alpha value is -0.900. The topological polar surface area (TPSA) is 33.2 Å². The van der Waals surface area contributed by atoms with E-state index >= 15 is 0 Å². The second kappa shape index (κ2) is 4.65. The Morgan fingerprint density at radius 1 is 1.33 bits per heavy atom. The van der Waals surface area contributed by atoms with Crippen molar-refractivity contribution < 1.29 is 4.79 Å². The monoisotopic (exact) mass is 264 g/mol. The number of carbonyl (C=O) groups is 1. The van der Waals surface area contributed by atoms with E-state index in [1.165, 1.54) is 19.3 Å². The highest BCUT2D eigenvalue weighted by atomic mass is 32.1. The van der Waals surface area contributed by atoms with Crippen LogP contribution in [-0.2, 0) is 0 Å². The molecule has 1 aromatic rings. The van der Waals surface area contributed by atoms with Gasteiger partial charge in [-0.1, -0.05) is 31.6 Å². The van der Waals surface area contributed by atoms with Gasteiger partial charge >= 0.3 is 0 Å². The number of aromatic nitrogens is 1. The summed E-state index contributed by atoms with van der Waals surface area (Å²) in [5, 5.41) is 1.07. The van der Waals surface area contributed by atoms with E-state index in [9.17, 15) is 4.79 Å².